The van der Waals surface area contributed by atoms with Gasteiger partial charge in [-0.2, -0.15) is 0 Å². The fraction of sp³-hybridized carbons (Fsp3) is 0.500. The molecule has 7 heteroatoms. The van der Waals surface area contributed by atoms with E-state index in [1.54, 1.807) is 0 Å². The van der Waals surface area contributed by atoms with Crippen LogP contribution in [0.2, 0.25) is 0 Å². The topological polar surface area (TPSA) is 101 Å². The Hall–Kier alpha value is -1.60. The number of rotatable bonds is 3. The molecule has 0 bridgehead atoms. The number of hydrogen-bond acceptors (Lipinski definition) is 3. The van der Waals surface area contributed by atoms with Crippen molar-refractivity contribution in [1.29, 1.82) is 0 Å². The lowest BCUT2D eigenvalue weighted by Gasteiger charge is -2.29. The molecular weight excluding hydrogens is 290 g/mol. The van der Waals surface area contributed by atoms with Crippen molar-refractivity contribution in [2.24, 2.45) is 11.1 Å². The number of nitrogens with two attached hydrogens (primary N) is 1. The number of nitrogens with one attached hydrogen (secondary N) is 2. The Bertz CT molecular complexity index is 598. The molecule has 2 rings (SSSR count). The van der Waals surface area contributed by atoms with Crippen molar-refractivity contribution >= 4 is 21.7 Å². The van der Waals surface area contributed by atoms with Gasteiger partial charge in [-0.15, -0.1) is 0 Å². The third kappa shape index (κ3) is 4.44. The lowest BCUT2D eigenvalue weighted by Crippen LogP contribution is -2.43. The van der Waals surface area contributed by atoms with Gasteiger partial charge >= 0.3 is 6.03 Å². The Morgan fingerprint density at radius 1 is 1.19 bits per heavy atom. The zero-order valence-corrected chi connectivity index (χ0v) is 12.8. The molecule has 2 unspecified atom stereocenters. The SMILES string of the molecule is CC1CCCCC1NC(=O)Nc1ccc(S(N)(=O)=O)cc1. The number of carbonyl (C=O) groups excluding carboxylic acids is 1. The number of benzene rings is 1. The van der Waals surface area contributed by atoms with E-state index in [-0.39, 0.29) is 17.0 Å². The minimum Gasteiger partial charge on any atom is -0.335 e. The Balaban J connectivity index is 1.93. The first kappa shape index (κ1) is 15.8. The molecule has 0 saturated heterocycles. The van der Waals surface area contributed by atoms with Crippen LogP contribution in [0.5, 0.6) is 0 Å². The van der Waals surface area contributed by atoms with Gasteiger partial charge in [0.25, 0.3) is 0 Å². The summed E-state index contributed by atoms with van der Waals surface area (Å²) in [5, 5.41) is 10.7. The summed E-state index contributed by atoms with van der Waals surface area (Å²) < 4.78 is 22.3. The predicted octanol–water partition coefficient (Wildman–Crippen LogP) is 2.03. The van der Waals surface area contributed by atoms with Crippen molar-refractivity contribution in [3.63, 3.8) is 0 Å². The number of anilines is 1. The second kappa shape index (κ2) is 6.44. The zero-order chi connectivity index (χ0) is 15.5. The molecular formula is C14H21N3O3S. The Morgan fingerprint density at radius 3 is 2.38 bits per heavy atom. The molecule has 6 nitrogen and oxygen atoms in total. The highest BCUT2D eigenvalue weighted by Gasteiger charge is 2.22. The van der Waals surface area contributed by atoms with Gasteiger partial charge in [-0.1, -0.05) is 19.8 Å². The molecule has 1 fully saturated rings. The summed E-state index contributed by atoms with van der Waals surface area (Å²) in [6.45, 7) is 2.14. The molecule has 1 aliphatic rings. The first-order chi connectivity index (χ1) is 9.86. The fourth-order valence-corrected chi connectivity index (χ4v) is 3.11. The van der Waals surface area contributed by atoms with Crippen LogP contribution in [-0.4, -0.2) is 20.5 Å². The lowest BCUT2D eigenvalue weighted by molar-refractivity contribution is 0.232. The van der Waals surface area contributed by atoms with Gasteiger partial charge in [-0.25, -0.2) is 18.4 Å². The van der Waals surface area contributed by atoms with Crippen LogP contribution in [0.3, 0.4) is 0 Å². The quantitative estimate of drug-likeness (QED) is 0.796. The molecule has 2 atom stereocenters. The summed E-state index contributed by atoms with van der Waals surface area (Å²) in [7, 11) is -3.71. The molecule has 0 spiro atoms. The van der Waals surface area contributed by atoms with Gasteiger partial charge in [0.05, 0.1) is 4.90 Å². The van der Waals surface area contributed by atoms with Crippen molar-refractivity contribution in [2.45, 2.75) is 43.5 Å². The lowest BCUT2D eigenvalue weighted by atomic mass is 9.86. The molecule has 0 radical (unpaired) electrons. The van der Waals surface area contributed by atoms with Gasteiger partial charge in [0, 0.05) is 11.7 Å². The third-order valence-electron chi connectivity index (χ3n) is 3.87. The van der Waals surface area contributed by atoms with Gasteiger partial charge in [-0.3, -0.25) is 0 Å². The molecule has 1 aromatic carbocycles. The first-order valence-electron chi connectivity index (χ1n) is 7.06. The summed E-state index contributed by atoms with van der Waals surface area (Å²) in [6, 6.07) is 5.70. The van der Waals surface area contributed by atoms with E-state index in [0.717, 1.165) is 19.3 Å². The normalized spacial score (nSPS) is 22.6. The highest BCUT2D eigenvalue weighted by Crippen LogP contribution is 2.23. The Kier molecular flexibility index (Phi) is 4.84. The van der Waals surface area contributed by atoms with Crippen LogP contribution in [-0.2, 0) is 10.0 Å². The third-order valence-corrected chi connectivity index (χ3v) is 4.80. The number of sulfonamides is 1. The maximum atomic E-state index is 11.9. The highest BCUT2D eigenvalue weighted by molar-refractivity contribution is 7.89. The average Bonchev–Trinajstić information content (AvgIpc) is 2.41. The number of amides is 2. The minimum atomic E-state index is -3.71. The highest BCUT2D eigenvalue weighted by atomic mass is 32.2. The van der Waals surface area contributed by atoms with Crippen molar-refractivity contribution in [3.05, 3.63) is 24.3 Å². The molecule has 1 saturated carbocycles. The summed E-state index contributed by atoms with van der Waals surface area (Å²) in [4.78, 5) is 12.0. The van der Waals surface area contributed by atoms with Crippen LogP contribution < -0.4 is 15.8 Å². The second-order valence-corrected chi connectivity index (χ2v) is 7.10. The molecule has 0 heterocycles. The van der Waals surface area contributed by atoms with Crippen molar-refractivity contribution < 1.29 is 13.2 Å². The Morgan fingerprint density at radius 2 is 1.81 bits per heavy atom. The average molecular weight is 311 g/mol. The van der Waals surface area contributed by atoms with Gasteiger partial charge in [-0.05, 0) is 43.0 Å². The maximum absolute atomic E-state index is 11.9. The van der Waals surface area contributed by atoms with E-state index in [1.165, 1.54) is 30.7 Å². The molecule has 0 aromatic heterocycles. The van der Waals surface area contributed by atoms with Crippen LogP contribution in [0, 0.1) is 5.92 Å². The van der Waals surface area contributed by atoms with Gasteiger partial charge < -0.3 is 10.6 Å². The molecule has 116 valence electrons. The van der Waals surface area contributed by atoms with E-state index in [1.807, 2.05) is 0 Å². The summed E-state index contributed by atoms with van der Waals surface area (Å²) in [5.41, 5.74) is 0.531. The molecule has 0 aliphatic heterocycles. The van der Waals surface area contributed by atoms with Gasteiger partial charge in [0.15, 0.2) is 0 Å². The van der Waals surface area contributed by atoms with E-state index in [9.17, 15) is 13.2 Å². The standard InChI is InChI=1S/C14H21N3O3S/c1-10-4-2-3-5-13(10)17-14(18)16-11-6-8-12(9-7-11)21(15,19)20/h6-10,13H,2-5H2,1H3,(H2,15,19,20)(H2,16,17,18). The van der Waals surface area contributed by atoms with E-state index >= 15 is 0 Å². The van der Waals surface area contributed by atoms with E-state index in [4.69, 9.17) is 5.14 Å². The van der Waals surface area contributed by atoms with Crippen molar-refractivity contribution in [1.82, 2.24) is 5.32 Å². The molecule has 2 amide bonds. The zero-order valence-electron chi connectivity index (χ0n) is 12.0. The monoisotopic (exact) mass is 311 g/mol. The molecule has 21 heavy (non-hydrogen) atoms. The van der Waals surface area contributed by atoms with Crippen LogP contribution >= 0.6 is 0 Å². The van der Waals surface area contributed by atoms with Crippen LogP contribution in [0.25, 0.3) is 0 Å². The Labute approximate surface area is 125 Å². The summed E-state index contributed by atoms with van der Waals surface area (Å²) >= 11 is 0. The second-order valence-electron chi connectivity index (χ2n) is 5.54. The minimum absolute atomic E-state index is 0.0226. The first-order valence-corrected chi connectivity index (χ1v) is 8.61. The van der Waals surface area contributed by atoms with E-state index < -0.39 is 10.0 Å². The van der Waals surface area contributed by atoms with Gasteiger partial charge in [0.2, 0.25) is 10.0 Å². The van der Waals surface area contributed by atoms with E-state index in [0.29, 0.717) is 11.6 Å². The number of urea groups is 1. The summed E-state index contributed by atoms with van der Waals surface area (Å²) in [5.74, 6) is 0.481. The van der Waals surface area contributed by atoms with Crippen molar-refractivity contribution in [3.8, 4) is 0 Å². The largest absolute Gasteiger partial charge is 0.335 e. The number of primary sulfonamides is 1. The maximum Gasteiger partial charge on any atom is 0.319 e. The molecule has 1 aromatic rings. The van der Waals surface area contributed by atoms with Crippen LogP contribution in [0.15, 0.2) is 29.2 Å². The number of carbonyl (C=O) groups is 1. The predicted molar refractivity (Wildman–Crippen MR) is 81.4 cm³/mol. The molecule has 1 aliphatic carbocycles. The van der Waals surface area contributed by atoms with E-state index in [2.05, 4.69) is 17.6 Å². The molecule has 4 N–H and O–H groups in total. The van der Waals surface area contributed by atoms with Gasteiger partial charge in [0.1, 0.15) is 0 Å². The van der Waals surface area contributed by atoms with Crippen molar-refractivity contribution in [2.75, 3.05) is 5.32 Å². The van der Waals surface area contributed by atoms with Crippen LogP contribution in [0.4, 0.5) is 10.5 Å². The van der Waals surface area contributed by atoms with Crippen LogP contribution in [0.1, 0.15) is 32.6 Å². The number of hydrogen-bond donors (Lipinski definition) is 3. The summed E-state index contributed by atoms with van der Waals surface area (Å²) in [6.07, 6.45) is 4.49. The fourth-order valence-electron chi connectivity index (χ4n) is 2.59. The smallest absolute Gasteiger partial charge is 0.319 e.